The number of nitrogens with zero attached hydrogens (tertiary/aromatic N) is 4. The molecule has 1 fully saturated rings. The lowest BCUT2D eigenvalue weighted by atomic mass is 9.85. The Morgan fingerprint density at radius 2 is 1.88 bits per heavy atom. The second-order valence-electron chi connectivity index (χ2n) is 11.3. The molecule has 1 saturated heterocycles. The summed E-state index contributed by atoms with van der Waals surface area (Å²) in [6, 6.07) is 4.94. The van der Waals surface area contributed by atoms with E-state index in [4.69, 9.17) is 16.3 Å². The van der Waals surface area contributed by atoms with Gasteiger partial charge in [-0.25, -0.2) is 15.0 Å². The number of hydrogen-bond acceptors (Lipinski definition) is 9. The van der Waals surface area contributed by atoms with Gasteiger partial charge in [0.15, 0.2) is 5.15 Å². The number of ether oxygens (including phenoxy) is 1. The summed E-state index contributed by atoms with van der Waals surface area (Å²) >= 11 is 6.23. The van der Waals surface area contributed by atoms with Crippen molar-refractivity contribution in [3.63, 3.8) is 0 Å². The van der Waals surface area contributed by atoms with E-state index >= 15 is 0 Å². The van der Waals surface area contributed by atoms with Crippen molar-refractivity contribution in [1.29, 1.82) is 0 Å². The number of carbonyl (C=O) groups is 3. The third-order valence-electron chi connectivity index (χ3n) is 7.29. The smallest absolute Gasteiger partial charge is 0.247 e. The molecule has 232 valence electrons. The van der Waals surface area contributed by atoms with Crippen LogP contribution in [0.25, 0.3) is 10.9 Å². The van der Waals surface area contributed by atoms with E-state index in [9.17, 15) is 14.4 Å². The van der Waals surface area contributed by atoms with E-state index in [0.717, 1.165) is 0 Å². The molecule has 14 heteroatoms. The first-order chi connectivity index (χ1) is 19.9. The number of fused-ring (bicyclic) bond motifs is 1. The Morgan fingerprint density at radius 3 is 2.53 bits per heavy atom. The van der Waals surface area contributed by atoms with Crippen molar-refractivity contribution in [2.45, 2.75) is 58.7 Å². The summed E-state index contributed by atoms with van der Waals surface area (Å²) in [4.78, 5) is 54.5. The lowest BCUT2D eigenvalue weighted by molar-refractivity contribution is -0.143. The Morgan fingerprint density at radius 1 is 1.14 bits per heavy atom. The molecule has 1 aromatic carbocycles. The van der Waals surface area contributed by atoms with E-state index in [2.05, 4.69) is 36.2 Å². The van der Waals surface area contributed by atoms with Crippen LogP contribution in [0.15, 0.2) is 36.8 Å². The molecule has 12 nitrogen and oxygen atoms in total. The number of pyridine rings is 1. The van der Waals surface area contributed by atoms with Crippen molar-refractivity contribution in [3.8, 4) is 5.75 Å². The van der Waals surface area contributed by atoms with Crippen molar-refractivity contribution in [3.05, 3.63) is 41.9 Å². The third kappa shape index (κ3) is 7.62. The molecule has 3 aromatic rings. The van der Waals surface area contributed by atoms with Crippen LogP contribution >= 0.6 is 24.0 Å². The van der Waals surface area contributed by atoms with Crippen LogP contribution in [0.1, 0.15) is 40.5 Å². The van der Waals surface area contributed by atoms with Gasteiger partial charge in [-0.05, 0) is 50.4 Å². The molecule has 4 rings (SSSR count). The number of halogens is 2. The second-order valence-corrected chi connectivity index (χ2v) is 11.6. The number of aromatic nitrogens is 3. The number of rotatable bonds is 9. The van der Waals surface area contributed by atoms with Gasteiger partial charge in [0.2, 0.25) is 17.7 Å². The van der Waals surface area contributed by atoms with Gasteiger partial charge >= 0.3 is 0 Å². The molecule has 43 heavy (non-hydrogen) atoms. The molecule has 4 N–H and O–H groups in total. The van der Waals surface area contributed by atoms with Crippen molar-refractivity contribution in [2.75, 3.05) is 31.3 Å². The predicted molar refractivity (Wildman–Crippen MR) is 169 cm³/mol. The van der Waals surface area contributed by atoms with E-state index in [0.29, 0.717) is 53.2 Å². The van der Waals surface area contributed by atoms with Crippen molar-refractivity contribution in [2.24, 2.45) is 5.41 Å². The van der Waals surface area contributed by atoms with Crippen LogP contribution < -0.4 is 26.0 Å². The quantitative estimate of drug-likeness (QED) is 0.257. The van der Waals surface area contributed by atoms with Gasteiger partial charge in [0, 0.05) is 24.2 Å². The molecular weight excluding hydrogens is 595 g/mol. The van der Waals surface area contributed by atoms with E-state index in [1.54, 1.807) is 49.3 Å². The molecule has 0 aliphatic carbocycles. The fourth-order valence-corrected chi connectivity index (χ4v) is 4.96. The van der Waals surface area contributed by atoms with E-state index < -0.39 is 23.5 Å². The lowest BCUT2D eigenvalue weighted by Crippen LogP contribution is -2.59. The van der Waals surface area contributed by atoms with Crippen molar-refractivity contribution >= 4 is 69.8 Å². The Balaban J connectivity index is 0.00000506. The topological polar surface area (TPSA) is 150 Å². The number of likely N-dealkylation sites (tertiary alicyclic amines) is 1. The minimum absolute atomic E-state index is 0. The van der Waals surface area contributed by atoms with E-state index in [-0.39, 0.29) is 35.3 Å². The number of benzene rings is 1. The fraction of sp³-hybridized carbons (Fsp3) is 0.448. The molecule has 0 radical (unpaired) electrons. The molecule has 1 aliphatic heterocycles. The summed E-state index contributed by atoms with van der Waals surface area (Å²) in [6.07, 6.45) is 4.14. The van der Waals surface area contributed by atoms with Crippen LogP contribution in [0.3, 0.4) is 0 Å². The van der Waals surface area contributed by atoms with E-state index in [1.165, 1.54) is 13.4 Å². The molecule has 3 heterocycles. The maximum Gasteiger partial charge on any atom is 0.247 e. The van der Waals surface area contributed by atoms with Crippen LogP contribution in [-0.4, -0.2) is 76.4 Å². The van der Waals surface area contributed by atoms with Gasteiger partial charge in [0.25, 0.3) is 0 Å². The van der Waals surface area contributed by atoms with Gasteiger partial charge in [0.1, 0.15) is 30.0 Å². The monoisotopic (exact) mass is 632 g/mol. The van der Waals surface area contributed by atoms with Gasteiger partial charge < -0.3 is 30.9 Å². The standard InChI is InChI=1S/C29H37ClN8O4.ClH/c1-16(31-5)26(39)37-23(29(2,3)4)28(41)38-12-8-10-21(38)27(40)36-20-13-17-19(14-22(20)42-6)33-15-34-25(17)35-18-9-7-11-32-24(18)30;/h7,9,11,13-16,21,23,31H,8,10,12H2,1-6H3,(H,36,40)(H,37,39)(H,33,34,35);1H. The highest BCUT2D eigenvalue weighted by atomic mass is 35.5. The molecule has 0 saturated carbocycles. The number of hydrogen-bond donors (Lipinski definition) is 4. The van der Waals surface area contributed by atoms with Crippen LogP contribution in [0.5, 0.6) is 5.75 Å². The number of nitrogens with one attached hydrogen (secondary N) is 4. The Labute approximate surface area is 262 Å². The number of amides is 3. The Bertz CT molecular complexity index is 1480. The summed E-state index contributed by atoms with van der Waals surface area (Å²) in [5.41, 5.74) is 0.962. The highest BCUT2D eigenvalue weighted by Gasteiger charge is 2.42. The molecule has 0 bridgehead atoms. The lowest BCUT2D eigenvalue weighted by Gasteiger charge is -2.36. The van der Waals surface area contributed by atoms with Crippen molar-refractivity contribution in [1.82, 2.24) is 30.5 Å². The van der Waals surface area contributed by atoms with Crippen LogP contribution in [0.4, 0.5) is 17.2 Å². The summed E-state index contributed by atoms with van der Waals surface area (Å²) in [5.74, 6) is -0.0775. The molecule has 3 amide bonds. The van der Waals surface area contributed by atoms with E-state index in [1.807, 2.05) is 20.8 Å². The molecule has 1 aliphatic rings. The largest absolute Gasteiger partial charge is 0.494 e. The predicted octanol–water partition coefficient (Wildman–Crippen LogP) is 3.92. The highest BCUT2D eigenvalue weighted by molar-refractivity contribution is 6.32. The first-order valence-corrected chi connectivity index (χ1v) is 14.1. The summed E-state index contributed by atoms with van der Waals surface area (Å²) < 4.78 is 5.57. The zero-order valence-corrected chi connectivity index (χ0v) is 26.6. The number of methoxy groups -OCH3 is 1. The van der Waals surface area contributed by atoms with Crippen LogP contribution in [-0.2, 0) is 14.4 Å². The highest BCUT2D eigenvalue weighted by Crippen LogP contribution is 2.35. The first kappa shape index (κ1) is 33.8. The third-order valence-corrected chi connectivity index (χ3v) is 7.59. The second kappa shape index (κ2) is 14.2. The fourth-order valence-electron chi connectivity index (χ4n) is 4.79. The number of anilines is 3. The summed E-state index contributed by atoms with van der Waals surface area (Å²) in [7, 11) is 3.18. The van der Waals surface area contributed by atoms with Crippen LogP contribution in [0.2, 0.25) is 5.15 Å². The Hall–Kier alpha value is -3.74. The summed E-state index contributed by atoms with van der Waals surface area (Å²) in [6.45, 7) is 7.79. The number of carbonyl (C=O) groups excluding carboxylic acids is 3. The minimum Gasteiger partial charge on any atom is -0.494 e. The molecule has 0 spiro atoms. The zero-order chi connectivity index (χ0) is 30.6. The van der Waals surface area contributed by atoms with Crippen molar-refractivity contribution < 1.29 is 19.1 Å². The Kier molecular flexibility index (Phi) is 11.1. The van der Waals surface area contributed by atoms with Crippen LogP contribution in [0, 0.1) is 5.41 Å². The van der Waals surface area contributed by atoms with Gasteiger partial charge in [-0.3, -0.25) is 14.4 Å². The first-order valence-electron chi connectivity index (χ1n) is 13.7. The minimum atomic E-state index is -0.811. The summed E-state index contributed by atoms with van der Waals surface area (Å²) in [5, 5.41) is 12.8. The van der Waals surface area contributed by atoms with Gasteiger partial charge in [-0.15, -0.1) is 12.4 Å². The number of likely N-dealkylation sites (N-methyl/N-ethyl adjacent to an activating group) is 1. The zero-order valence-electron chi connectivity index (χ0n) is 25.0. The normalized spacial score (nSPS) is 16.2. The molecule has 2 aromatic heterocycles. The molecule has 3 unspecified atom stereocenters. The average molecular weight is 634 g/mol. The van der Waals surface area contributed by atoms with Gasteiger partial charge in [-0.1, -0.05) is 32.4 Å². The average Bonchev–Trinajstić information content (AvgIpc) is 3.46. The molecular formula is C29H38Cl2N8O4. The SMILES string of the molecule is CNC(C)C(=O)NC(C(=O)N1CCCC1C(=O)Nc1cc2c(Nc3cccnc3Cl)ncnc2cc1OC)C(C)(C)C.Cl. The van der Waals surface area contributed by atoms with Gasteiger partial charge in [-0.2, -0.15) is 0 Å². The van der Waals surface area contributed by atoms with Gasteiger partial charge in [0.05, 0.1) is 30.0 Å². The maximum atomic E-state index is 13.8. The maximum absolute atomic E-state index is 13.8. The molecule has 3 atom stereocenters.